The highest BCUT2D eigenvalue weighted by Gasteiger charge is 2.29. The summed E-state index contributed by atoms with van der Waals surface area (Å²) in [6.07, 6.45) is 1.86. The second-order valence-corrected chi connectivity index (χ2v) is 4.78. The summed E-state index contributed by atoms with van der Waals surface area (Å²) in [7, 11) is 0. The van der Waals surface area contributed by atoms with Crippen molar-refractivity contribution >= 4 is 12.0 Å². The van der Waals surface area contributed by atoms with Crippen LogP contribution in [0.5, 0.6) is 0 Å². The molecular formula is C12H21N3O3. The topological polar surface area (TPSA) is 61.9 Å². The monoisotopic (exact) mass is 255 g/mol. The van der Waals surface area contributed by atoms with Gasteiger partial charge in [0.05, 0.1) is 13.1 Å². The lowest BCUT2D eigenvalue weighted by Crippen LogP contribution is -2.44. The minimum absolute atomic E-state index is 0.155. The van der Waals surface area contributed by atoms with Crippen LogP contribution >= 0.6 is 0 Å². The van der Waals surface area contributed by atoms with Gasteiger partial charge in [0, 0.05) is 12.6 Å². The van der Waals surface area contributed by atoms with Crippen LogP contribution in [0.1, 0.15) is 19.8 Å². The smallest absolute Gasteiger partial charge is 0.416 e. The van der Waals surface area contributed by atoms with Gasteiger partial charge in [-0.05, 0) is 25.9 Å². The maximum Gasteiger partial charge on any atom is 0.416 e. The van der Waals surface area contributed by atoms with Crippen LogP contribution in [-0.4, -0.2) is 67.2 Å². The van der Waals surface area contributed by atoms with Crippen LogP contribution in [0.2, 0.25) is 0 Å². The Morgan fingerprint density at radius 1 is 1.61 bits per heavy atom. The van der Waals surface area contributed by atoms with Gasteiger partial charge in [-0.3, -0.25) is 9.69 Å². The zero-order valence-corrected chi connectivity index (χ0v) is 10.9. The van der Waals surface area contributed by atoms with Crippen molar-refractivity contribution in [3.05, 3.63) is 0 Å². The first-order chi connectivity index (χ1) is 8.70. The van der Waals surface area contributed by atoms with E-state index in [9.17, 15) is 9.59 Å². The number of imide groups is 1. The van der Waals surface area contributed by atoms with Gasteiger partial charge in [0.2, 0.25) is 5.91 Å². The third-order valence-electron chi connectivity index (χ3n) is 3.51. The average molecular weight is 255 g/mol. The number of rotatable bonds is 5. The minimum atomic E-state index is -0.505. The van der Waals surface area contributed by atoms with E-state index in [0.717, 1.165) is 26.1 Å². The summed E-state index contributed by atoms with van der Waals surface area (Å²) >= 11 is 0. The molecule has 0 aliphatic carbocycles. The van der Waals surface area contributed by atoms with Gasteiger partial charge >= 0.3 is 6.09 Å². The molecule has 0 aromatic rings. The first-order valence-corrected chi connectivity index (χ1v) is 6.63. The van der Waals surface area contributed by atoms with Gasteiger partial charge in [0.1, 0.15) is 6.61 Å². The normalized spacial score (nSPS) is 23.8. The molecule has 2 heterocycles. The van der Waals surface area contributed by atoms with Crippen LogP contribution in [0.15, 0.2) is 0 Å². The zero-order valence-electron chi connectivity index (χ0n) is 10.9. The number of carbonyl (C=O) groups is 2. The summed E-state index contributed by atoms with van der Waals surface area (Å²) < 4.78 is 4.77. The molecule has 0 bridgehead atoms. The van der Waals surface area contributed by atoms with Crippen molar-refractivity contribution in [3.8, 4) is 0 Å². The molecule has 0 spiro atoms. The quantitative estimate of drug-likeness (QED) is 0.751. The van der Waals surface area contributed by atoms with E-state index in [1.54, 1.807) is 0 Å². The molecule has 0 aromatic carbocycles. The standard InChI is InChI=1S/C12H21N3O3/c1-2-14(8-10-4-3-5-13-10)9-11(16)15-6-7-18-12(15)17/h10,13H,2-9H2,1H3. The fraction of sp³-hybridized carbons (Fsp3) is 0.833. The van der Waals surface area contributed by atoms with E-state index in [2.05, 4.69) is 10.2 Å². The Labute approximate surface area is 107 Å². The maximum absolute atomic E-state index is 12.0. The Bertz CT molecular complexity index is 316. The minimum Gasteiger partial charge on any atom is -0.447 e. The summed E-state index contributed by atoms with van der Waals surface area (Å²) in [5.74, 6) is -0.155. The number of ether oxygens (including phenoxy) is 1. The van der Waals surface area contributed by atoms with Crippen molar-refractivity contribution in [2.45, 2.75) is 25.8 Å². The number of nitrogens with zero attached hydrogens (tertiary/aromatic N) is 2. The fourth-order valence-electron chi connectivity index (χ4n) is 2.43. The Morgan fingerprint density at radius 3 is 3.00 bits per heavy atom. The average Bonchev–Trinajstić information content (AvgIpc) is 2.99. The number of amides is 2. The molecule has 0 radical (unpaired) electrons. The van der Waals surface area contributed by atoms with Crippen molar-refractivity contribution in [2.24, 2.45) is 0 Å². The molecule has 2 fully saturated rings. The third kappa shape index (κ3) is 3.20. The third-order valence-corrected chi connectivity index (χ3v) is 3.51. The molecule has 1 unspecified atom stereocenters. The van der Waals surface area contributed by atoms with E-state index in [1.165, 1.54) is 11.3 Å². The van der Waals surface area contributed by atoms with E-state index >= 15 is 0 Å². The number of likely N-dealkylation sites (N-methyl/N-ethyl adjacent to an activating group) is 1. The summed E-state index contributed by atoms with van der Waals surface area (Å²) in [6, 6.07) is 0.475. The van der Waals surface area contributed by atoms with Crippen LogP contribution in [-0.2, 0) is 9.53 Å². The molecule has 0 aromatic heterocycles. The van der Waals surface area contributed by atoms with E-state index in [4.69, 9.17) is 4.74 Å². The Kier molecular flexibility index (Phi) is 4.54. The lowest BCUT2D eigenvalue weighted by molar-refractivity contribution is -0.129. The SMILES string of the molecule is CCN(CC(=O)N1CCOC1=O)CC1CCCN1. The predicted molar refractivity (Wildman–Crippen MR) is 66.2 cm³/mol. The molecule has 2 amide bonds. The number of hydrogen-bond donors (Lipinski definition) is 1. The predicted octanol–water partition coefficient (Wildman–Crippen LogP) is 0.0391. The summed E-state index contributed by atoms with van der Waals surface area (Å²) in [4.78, 5) is 26.5. The van der Waals surface area contributed by atoms with Crippen LogP contribution < -0.4 is 5.32 Å². The van der Waals surface area contributed by atoms with Gasteiger partial charge < -0.3 is 10.1 Å². The molecule has 18 heavy (non-hydrogen) atoms. The van der Waals surface area contributed by atoms with Crippen LogP contribution in [0.3, 0.4) is 0 Å². The highest BCUT2D eigenvalue weighted by Crippen LogP contribution is 2.08. The molecule has 1 atom stereocenters. The lowest BCUT2D eigenvalue weighted by Gasteiger charge is -2.24. The van der Waals surface area contributed by atoms with Crippen molar-refractivity contribution in [3.63, 3.8) is 0 Å². The molecule has 6 nitrogen and oxygen atoms in total. The Morgan fingerprint density at radius 2 is 2.44 bits per heavy atom. The van der Waals surface area contributed by atoms with Gasteiger partial charge in [-0.15, -0.1) is 0 Å². The van der Waals surface area contributed by atoms with Crippen molar-refractivity contribution in [2.75, 3.05) is 39.3 Å². The second-order valence-electron chi connectivity index (χ2n) is 4.78. The number of cyclic esters (lactones) is 1. The van der Waals surface area contributed by atoms with Gasteiger partial charge in [0.15, 0.2) is 0 Å². The van der Waals surface area contributed by atoms with Gasteiger partial charge in [-0.25, -0.2) is 9.69 Å². The van der Waals surface area contributed by atoms with Crippen LogP contribution in [0, 0.1) is 0 Å². The fourth-order valence-corrected chi connectivity index (χ4v) is 2.43. The molecular weight excluding hydrogens is 234 g/mol. The zero-order chi connectivity index (χ0) is 13.0. The largest absolute Gasteiger partial charge is 0.447 e. The van der Waals surface area contributed by atoms with E-state index < -0.39 is 6.09 Å². The summed E-state index contributed by atoms with van der Waals surface area (Å²) in [6.45, 7) is 5.78. The summed E-state index contributed by atoms with van der Waals surface area (Å²) in [5, 5.41) is 3.41. The van der Waals surface area contributed by atoms with E-state index in [-0.39, 0.29) is 5.91 Å². The van der Waals surface area contributed by atoms with Crippen molar-refractivity contribution in [1.29, 1.82) is 0 Å². The first-order valence-electron chi connectivity index (χ1n) is 6.63. The first kappa shape index (κ1) is 13.3. The maximum atomic E-state index is 12.0. The molecule has 0 saturated carbocycles. The van der Waals surface area contributed by atoms with Crippen molar-refractivity contribution in [1.82, 2.24) is 15.1 Å². The van der Waals surface area contributed by atoms with E-state index in [0.29, 0.717) is 25.7 Å². The Hall–Kier alpha value is -1.14. The molecule has 1 N–H and O–H groups in total. The van der Waals surface area contributed by atoms with Gasteiger partial charge in [-0.1, -0.05) is 6.92 Å². The lowest BCUT2D eigenvalue weighted by atomic mass is 10.2. The number of nitrogens with one attached hydrogen (secondary N) is 1. The van der Waals surface area contributed by atoms with Gasteiger partial charge in [-0.2, -0.15) is 0 Å². The molecule has 102 valence electrons. The van der Waals surface area contributed by atoms with E-state index in [1.807, 2.05) is 6.92 Å². The van der Waals surface area contributed by atoms with Gasteiger partial charge in [0.25, 0.3) is 0 Å². The summed E-state index contributed by atoms with van der Waals surface area (Å²) in [5.41, 5.74) is 0. The molecule has 2 saturated heterocycles. The van der Waals surface area contributed by atoms with Crippen LogP contribution in [0.25, 0.3) is 0 Å². The molecule has 2 rings (SSSR count). The highest BCUT2D eigenvalue weighted by atomic mass is 16.6. The molecule has 2 aliphatic rings. The Balaban J connectivity index is 1.81. The highest BCUT2D eigenvalue weighted by molar-refractivity contribution is 5.94. The second kappa shape index (κ2) is 6.15. The molecule has 2 aliphatic heterocycles. The van der Waals surface area contributed by atoms with Crippen molar-refractivity contribution < 1.29 is 14.3 Å². The van der Waals surface area contributed by atoms with Crippen LogP contribution in [0.4, 0.5) is 4.79 Å². The number of hydrogen-bond acceptors (Lipinski definition) is 5. The molecule has 6 heteroatoms. The number of carbonyl (C=O) groups excluding carboxylic acids is 2.